The summed E-state index contributed by atoms with van der Waals surface area (Å²) in [6.45, 7) is 1.47. The highest BCUT2D eigenvalue weighted by molar-refractivity contribution is 7.89. The number of ether oxygens (including phenoxy) is 2. The molecule has 0 bridgehead atoms. The lowest BCUT2D eigenvalue weighted by Crippen LogP contribution is -2.22. The van der Waals surface area contributed by atoms with Gasteiger partial charge in [0.1, 0.15) is 10.6 Å². The fourth-order valence-electron chi connectivity index (χ4n) is 2.94. The number of rotatable bonds is 5. The number of hydrogen-bond acceptors (Lipinski definition) is 6. The number of esters is 1. The Labute approximate surface area is 152 Å². The van der Waals surface area contributed by atoms with Crippen molar-refractivity contribution >= 4 is 21.7 Å². The molecular weight excluding hydrogens is 356 g/mol. The highest BCUT2D eigenvalue weighted by Gasteiger charge is 2.27. The van der Waals surface area contributed by atoms with Crippen molar-refractivity contribution in [1.82, 2.24) is 0 Å². The van der Waals surface area contributed by atoms with E-state index in [1.807, 2.05) is 11.0 Å². The largest absolute Gasteiger partial charge is 0.465 e. The molecule has 1 aliphatic rings. The lowest BCUT2D eigenvalue weighted by molar-refractivity contribution is 0.0600. The smallest absolute Gasteiger partial charge is 0.337 e. The van der Waals surface area contributed by atoms with Gasteiger partial charge >= 0.3 is 5.97 Å². The van der Waals surface area contributed by atoms with Crippen molar-refractivity contribution in [2.24, 2.45) is 5.14 Å². The Hall–Kier alpha value is -2.58. The van der Waals surface area contributed by atoms with Crippen LogP contribution in [-0.4, -0.2) is 34.6 Å². The molecule has 0 amide bonds. The summed E-state index contributed by atoms with van der Waals surface area (Å²) in [6.07, 6.45) is 1.94. The molecule has 0 unspecified atom stereocenters. The molecule has 1 heterocycles. The number of nitrogens with zero attached hydrogens (tertiary/aromatic N) is 1. The van der Waals surface area contributed by atoms with E-state index < -0.39 is 16.0 Å². The molecule has 3 rings (SSSR count). The summed E-state index contributed by atoms with van der Waals surface area (Å²) in [7, 11) is -2.89. The van der Waals surface area contributed by atoms with Crippen molar-refractivity contribution in [3.8, 4) is 11.5 Å². The first-order valence-corrected chi connectivity index (χ1v) is 9.72. The maximum atomic E-state index is 12.2. The number of benzene rings is 2. The van der Waals surface area contributed by atoms with Crippen LogP contribution >= 0.6 is 0 Å². The molecule has 26 heavy (non-hydrogen) atoms. The molecule has 2 N–H and O–H groups in total. The first-order valence-electron chi connectivity index (χ1n) is 8.17. The fraction of sp³-hybridized carbons (Fsp3) is 0.278. The fourth-order valence-corrected chi connectivity index (χ4v) is 3.63. The van der Waals surface area contributed by atoms with Crippen LogP contribution in [0, 0.1) is 0 Å². The van der Waals surface area contributed by atoms with Crippen LogP contribution in [-0.2, 0) is 14.8 Å². The number of carbonyl (C=O) groups is 1. The molecule has 0 radical (unpaired) electrons. The maximum absolute atomic E-state index is 12.2. The van der Waals surface area contributed by atoms with Crippen molar-refractivity contribution in [1.29, 1.82) is 0 Å². The van der Waals surface area contributed by atoms with Gasteiger partial charge < -0.3 is 14.4 Å². The summed E-state index contributed by atoms with van der Waals surface area (Å²) >= 11 is 0. The molecule has 2 aromatic carbocycles. The molecule has 0 spiro atoms. The second-order valence-corrected chi connectivity index (χ2v) is 7.50. The van der Waals surface area contributed by atoms with Gasteiger partial charge in [-0.1, -0.05) is 18.2 Å². The van der Waals surface area contributed by atoms with Crippen LogP contribution in [0.2, 0.25) is 0 Å². The summed E-state index contributed by atoms with van der Waals surface area (Å²) in [4.78, 5) is 13.8. The van der Waals surface area contributed by atoms with Gasteiger partial charge in [0.25, 0.3) is 0 Å². The SMILES string of the molecule is COC(=O)c1cc(N2CCCC2)c(Oc2ccccc2)c(S(N)(=O)=O)c1. The van der Waals surface area contributed by atoms with Gasteiger partial charge in [-0.15, -0.1) is 0 Å². The number of primary sulfonamides is 1. The molecule has 1 fully saturated rings. The summed E-state index contributed by atoms with van der Waals surface area (Å²) < 4.78 is 35.0. The molecule has 7 nitrogen and oxygen atoms in total. The molecular formula is C18H20N2O5S. The van der Waals surface area contributed by atoms with Crippen LogP contribution in [0.3, 0.4) is 0 Å². The molecule has 2 aromatic rings. The van der Waals surface area contributed by atoms with Gasteiger partial charge in [-0.05, 0) is 37.1 Å². The van der Waals surface area contributed by atoms with E-state index in [2.05, 4.69) is 0 Å². The zero-order chi connectivity index (χ0) is 18.7. The second kappa shape index (κ2) is 7.35. The first-order chi connectivity index (χ1) is 12.4. The zero-order valence-electron chi connectivity index (χ0n) is 14.3. The van der Waals surface area contributed by atoms with E-state index >= 15 is 0 Å². The number of nitrogens with two attached hydrogens (primary N) is 1. The molecule has 0 saturated carbocycles. The summed E-state index contributed by atoms with van der Waals surface area (Å²) in [5.41, 5.74) is 0.622. The third-order valence-corrected chi connectivity index (χ3v) is 5.09. The van der Waals surface area contributed by atoms with E-state index in [1.165, 1.54) is 13.2 Å². The minimum atomic E-state index is -4.13. The number of hydrogen-bond donors (Lipinski definition) is 1. The van der Waals surface area contributed by atoms with E-state index in [9.17, 15) is 13.2 Å². The average Bonchev–Trinajstić information content (AvgIpc) is 3.15. The monoisotopic (exact) mass is 376 g/mol. The maximum Gasteiger partial charge on any atom is 0.337 e. The highest BCUT2D eigenvalue weighted by Crippen LogP contribution is 2.40. The Morgan fingerprint density at radius 2 is 1.77 bits per heavy atom. The summed E-state index contributed by atoms with van der Waals surface area (Å²) in [6, 6.07) is 11.6. The topological polar surface area (TPSA) is 98.9 Å². The Bertz CT molecular complexity index is 907. The standard InChI is InChI=1S/C18H20N2O5S/c1-24-18(21)13-11-15(20-9-5-6-10-20)17(16(12-13)26(19,22)23)25-14-7-3-2-4-8-14/h2-4,7-8,11-12H,5-6,9-10H2,1H3,(H2,19,22,23). The highest BCUT2D eigenvalue weighted by atomic mass is 32.2. The molecule has 0 aromatic heterocycles. The first kappa shape index (κ1) is 18.2. The predicted octanol–water partition coefficient (Wildman–Crippen LogP) is 2.51. The van der Waals surface area contributed by atoms with Crippen LogP contribution in [0.15, 0.2) is 47.4 Å². The lowest BCUT2D eigenvalue weighted by Gasteiger charge is -2.23. The van der Waals surface area contributed by atoms with Crippen molar-refractivity contribution in [3.05, 3.63) is 48.0 Å². The Morgan fingerprint density at radius 1 is 1.12 bits per heavy atom. The normalized spacial score (nSPS) is 14.3. The van der Waals surface area contributed by atoms with Crippen molar-refractivity contribution in [3.63, 3.8) is 0 Å². The van der Waals surface area contributed by atoms with Gasteiger partial charge in [0.2, 0.25) is 10.0 Å². The summed E-state index contributed by atoms with van der Waals surface area (Å²) in [5, 5.41) is 5.41. The van der Waals surface area contributed by atoms with Crippen LogP contribution in [0.25, 0.3) is 0 Å². The Kier molecular flexibility index (Phi) is 5.15. The third-order valence-electron chi connectivity index (χ3n) is 4.17. The molecule has 1 saturated heterocycles. The van der Waals surface area contributed by atoms with Gasteiger partial charge in [0, 0.05) is 13.1 Å². The van der Waals surface area contributed by atoms with E-state index in [0.29, 0.717) is 11.4 Å². The summed E-state index contributed by atoms with van der Waals surface area (Å²) in [5.74, 6) is -0.0430. The van der Waals surface area contributed by atoms with Gasteiger partial charge in [0.05, 0.1) is 18.4 Å². The van der Waals surface area contributed by atoms with Gasteiger partial charge in [-0.3, -0.25) is 0 Å². The van der Waals surface area contributed by atoms with Crippen molar-refractivity contribution in [2.75, 3.05) is 25.1 Å². The van der Waals surface area contributed by atoms with E-state index in [-0.39, 0.29) is 16.2 Å². The minimum absolute atomic E-state index is 0.110. The third kappa shape index (κ3) is 3.81. The van der Waals surface area contributed by atoms with Gasteiger partial charge in [-0.25, -0.2) is 18.4 Å². The quantitative estimate of drug-likeness (QED) is 0.805. The number of sulfonamides is 1. The van der Waals surface area contributed by atoms with Crippen molar-refractivity contribution < 1.29 is 22.7 Å². The molecule has 8 heteroatoms. The predicted molar refractivity (Wildman–Crippen MR) is 97.1 cm³/mol. The van der Waals surface area contributed by atoms with Crippen LogP contribution in [0.4, 0.5) is 5.69 Å². The average molecular weight is 376 g/mol. The zero-order valence-corrected chi connectivity index (χ0v) is 15.2. The Balaban J connectivity index is 2.21. The molecule has 138 valence electrons. The van der Waals surface area contributed by atoms with Crippen LogP contribution < -0.4 is 14.8 Å². The molecule has 0 aliphatic carbocycles. The van der Waals surface area contributed by atoms with Crippen molar-refractivity contribution in [2.45, 2.75) is 17.7 Å². The molecule has 1 aliphatic heterocycles. The van der Waals surface area contributed by atoms with Crippen LogP contribution in [0.5, 0.6) is 11.5 Å². The minimum Gasteiger partial charge on any atom is -0.465 e. The molecule has 0 atom stereocenters. The van der Waals surface area contributed by atoms with E-state index in [1.54, 1.807) is 30.3 Å². The Morgan fingerprint density at radius 3 is 2.35 bits per heavy atom. The van der Waals surface area contributed by atoms with E-state index in [0.717, 1.165) is 25.9 Å². The number of anilines is 1. The second-order valence-electron chi connectivity index (χ2n) is 5.97. The number of carbonyl (C=O) groups excluding carboxylic acids is 1. The number of methoxy groups -OCH3 is 1. The number of para-hydroxylation sites is 1. The van der Waals surface area contributed by atoms with Gasteiger partial charge in [-0.2, -0.15) is 0 Å². The van der Waals surface area contributed by atoms with Gasteiger partial charge in [0.15, 0.2) is 5.75 Å². The lowest BCUT2D eigenvalue weighted by atomic mass is 10.1. The van der Waals surface area contributed by atoms with E-state index in [4.69, 9.17) is 14.6 Å². The van der Waals surface area contributed by atoms with Crippen LogP contribution in [0.1, 0.15) is 23.2 Å².